The van der Waals surface area contributed by atoms with Gasteiger partial charge >= 0.3 is 18.4 Å². The van der Waals surface area contributed by atoms with Crippen LogP contribution in [0, 0.1) is 0 Å². The highest BCUT2D eigenvalue weighted by molar-refractivity contribution is 5.80. The molecular weight excluding hydrogens is 319 g/mol. The second kappa shape index (κ2) is 8.06. The fraction of sp³-hybridized carbons (Fsp3) is 0.286. The number of alkyl carbamates (subject to hydrolysis) is 1. The van der Waals surface area contributed by atoms with Crippen LogP contribution in [0.3, 0.4) is 0 Å². The molecule has 1 atom stereocenters. The molecule has 23 heavy (non-hydrogen) atoms. The number of carboxylic acids is 1. The van der Waals surface area contributed by atoms with Gasteiger partial charge in [0.25, 0.3) is 0 Å². The molecule has 0 aromatic heterocycles. The monoisotopic (exact) mass is 333 g/mol. The first-order valence-corrected chi connectivity index (χ1v) is 6.33. The Balaban J connectivity index is 2.68. The Kier molecular flexibility index (Phi) is 6.43. The first kappa shape index (κ1) is 18.3. The van der Waals surface area contributed by atoms with Gasteiger partial charge in [-0.15, -0.1) is 13.2 Å². The Bertz CT molecular complexity index is 557. The van der Waals surface area contributed by atoms with Crippen LogP contribution < -0.4 is 10.1 Å². The SMILES string of the molecule is C=CCOC(=O)NC(Cc1ccc(OC(F)(F)F)cc1)C(=O)O. The van der Waals surface area contributed by atoms with Gasteiger partial charge in [0.2, 0.25) is 0 Å². The van der Waals surface area contributed by atoms with Crippen LogP contribution in [0.2, 0.25) is 0 Å². The molecular formula is C14H14F3NO5. The molecule has 0 aliphatic carbocycles. The molecule has 6 nitrogen and oxygen atoms in total. The number of carbonyl (C=O) groups is 2. The summed E-state index contributed by atoms with van der Waals surface area (Å²) in [6, 6.07) is 3.36. The quantitative estimate of drug-likeness (QED) is 0.749. The predicted molar refractivity (Wildman–Crippen MR) is 72.9 cm³/mol. The van der Waals surface area contributed by atoms with Gasteiger partial charge < -0.3 is 19.9 Å². The third-order valence-electron chi connectivity index (χ3n) is 2.52. The number of amides is 1. The summed E-state index contributed by atoms with van der Waals surface area (Å²) in [7, 11) is 0. The summed E-state index contributed by atoms with van der Waals surface area (Å²) < 4.78 is 44.4. The molecule has 126 valence electrons. The first-order valence-electron chi connectivity index (χ1n) is 6.33. The van der Waals surface area contributed by atoms with Crippen molar-refractivity contribution < 1.29 is 37.3 Å². The van der Waals surface area contributed by atoms with E-state index in [0.717, 1.165) is 12.1 Å². The fourth-order valence-electron chi connectivity index (χ4n) is 1.58. The zero-order valence-corrected chi connectivity index (χ0v) is 11.8. The van der Waals surface area contributed by atoms with Crippen molar-refractivity contribution in [2.75, 3.05) is 6.61 Å². The topological polar surface area (TPSA) is 84.9 Å². The number of nitrogens with one attached hydrogen (secondary N) is 1. The summed E-state index contributed by atoms with van der Waals surface area (Å²) in [5.74, 6) is -1.73. The summed E-state index contributed by atoms with van der Waals surface area (Å²) in [5, 5.41) is 11.2. The minimum atomic E-state index is -4.80. The maximum atomic E-state index is 12.0. The fourth-order valence-corrected chi connectivity index (χ4v) is 1.58. The largest absolute Gasteiger partial charge is 0.573 e. The zero-order valence-electron chi connectivity index (χ0n) is 11.8. The Morgan fingerprint density at radius 3 is 2.39 bits per heavy atom. The summed E-state index contributed by atoms with van der Waals surface area (Å²) in [5.41, 5.74) is 0.399. The van der Waals surface area contributed by atoms with Crippen LogP contribution in [0.25, 0.3) is 0 Å². The van der Waals surface area contributed by atoms with E-state index in [1.54, 1.807) is 0 Å². The Hall–Kier alpha value is -2.71. The average molecular weight is 333 g/mol. The standard InChI is InChI=1S/C14H14F3NO5/c1-2-7-22-13(21)18-11(12(19)20)8-9-3-5-10(6-4-9)23-14(15,16)17/h2-6,11H,1,7-8H2,(H,18,21)(H,19,20). The van der Waals surface area contributed by atoms with E-state index in [-0.39, 0.29) is 13.0 Å². The van der Waals surface area contributed by atoms with E-state index in [2.05, 4.69) is 21.4 Å². The number of hydrogen-bond acceptors (Lipinski definition) is 4. The highest BCUT2D eigenvalue weighted by atomic mass is 19.4. The van der Waals surface area contributed by atoms with Gasteiger partial charge in [-0.3, -0.25) is 0 Å². The van der Waals surface area contributed by atoms with Crippen molar-refractivity contribution in [1.29, 1.82) is 0 Å². The summed E-state index contributed by atoms with van der Waals surface area (Å²) in [6.45, 7) is 3.25. The van der Waals surface area contributed by atoms with Gasteiger partial charge in [0.1, 0.15) is 18.4 Å². The van der Waals surface area contributed by atoms with Gasteiger partial charge in [-0.25, -0.2) is 9.59 Å². The Labute approximate surface area is 129 Å². The molecule has 1 amide bonds. The van der Waals surface area contributed by atoms with Gasteiger partial charge in [-0.2, -0.15) is 0 Å². The van der Waals surface area contributed by atoms with E-state index >= 15 is 0 Å². The van der Waals surface area contributed by atoms with Crippen LogP contribution >= 0.6 is 0 Å². The van der Waals surface area contributed by atoms with Crippen LogP contribution in [0.1, 0.15) is 5.56 Å². The third kappa shape index (κ3) is 7.21. The lowest BCUT2D eigenvalue weighted by molar-refractivity contribution is -0.274. The van der Waals surface area contributed by atoms with Crippen LogP contribution in [0.4, 0.5) is 18.0 Å². The lowest BCUT2D eigenvalue weighted by Gasteiger charge is -2.15. The third-order valence-corrected chi connectivity index (χ3v) is 2.52. The number of carbonyl (C=O) groups excluding carboxylic acids is 1. The van der Waals surface area contributed by atoms with E-state index in [9.17, 15) is 22.8 Å². The highest BCUT2D eigenvalue weighted by Gasteiger charge is 2.31. The van der Waals surface area contributed by atoms with E-state index in [0.29, 0.717) is 5.56 Å². The van der Waals surface area contributed by atoms with Crippen molar-refractivity contribution in [3.63, 3.8) is 0 Å². The number of aliphatic carboxylic acids is 1. The van der Waals surface area contributed by atoms with Crippen LogP contribution in [0.5, 0.6) is 5.75 Å². The second-order valence-corrected chi connectivity index (χ2v) is 4.32. The zero-order chi connectivity index (χ0) is 17.5. The smallest absolute Gasteiger partial charge is 0.480 e. The van der Waals surface area contributed by atoms with Gasteiger partial charge in [0, 0.05) is 6.42 Å². The lowest BCUT2D eigenvalue weighted by Crippen LogP contribution is -2.42. The molecule has 1 rings (SSSR count). The summed E-state index contributed by atoms with van der Waals surface area (Å²) in [6.07, 6.45) is -4.56. The maximum absolute atomic E-state index is 12.0. The van der Waals surface area contributed by atoms with Gasteiger partial charge in [-0.05, 0) is 17.7 Å². The van der Waals surface area contributed by atoms with E-state index in [4.69, 9.17) is 5.11 Å². The van der Waals surface area contributed by atoms with Gasteiger partial charge in [-0.1, -0.05) is 24.8 Å². The van der Waals surface area contributed by atoms with Crippen molar-refractivity contribution in [2.45, 2.75) is 18.8 Å². The highest BCUT2D eigenvalue weighted by Crippen LogP contribution is 2.23. The van der Waals surface area contributed by atoms with E-state index in [1.807, 2.05) is 0 Å². The molecule has 1 aromatic carbocycles. The minimum Gasteiger partial charge on any atom is -0.480 e. The van der Waals surface area contributed by atoms with Crippen molar-refractivity contribution in [3.8, 4) is 5.75 Å². The molecule has 0 aliphatic heterocycles. The average Bonchev–Trinajstić information content (AvgIpc) is 2.44. The molecule has 1 unspecified atom stereocenters. The Morgan fingerprint density at radius 2 is 1.91 bits per heavy atom. The van der Waals surface area contributed by atoms with Crippen LogP contribution in [0.15, 0.2) is 36.9 Å². The lowest BCUT2D eigenvalue weighted by atomic mass is 10.1. The van der Waals surface area contributed by atoms with Crippen molar-refractivity contribution in [2.24, 2.45) is 0 Å². The van der Waals surface area contributed by atoms with Gasteiger partial charge in [0.15, 0.2) is 0 Å². The number of hydrogen-bond donors (Lipinski definition) is 2. The number of benzene rings is 1. The van der Waals surface area contributed by atoms with Crippen molar-refractivity contribution in [1.82, 2.24) is 5.32 Å². The molecule has 1 aromatic rings. The van der Waals surface area contributed by atoms with Crippen LogP contribution in [-0.2, 0) is 16.0 Å². The molecule has 0 spiro atoms. The predicted octanol–water partition coefficient (Wildman–Crippen LogP) is 2.49. The van der Waals surface area contributed by atoms with E-state index < -0.39 is 30.2 Å². The number of alkyl halides is 3. The second-order valence-electron chi connectivity index (χ2n) is 4.32. The van der Waals surface area contributed by atoms with Crippen LogP contribution in [-0.4, -0.2) is 36.2 Å². The molecule has 0 heterocycles. The molecule has 0 fully saturated rings. The summed E-state index contributed by atoms with van der Waals surface area (Å²) in [4.78, 5) is 22.4. The van der Waals surface area contributed by atoms with Crippen molar-refractivity contribution >= 4 is 12.1 Å². The maximum Gasteiger partial charge on any atom is 0.573 e. The molecule has 0 bridgehead atoms. The molecule has 0 saturated heterocycles. The van der Waals surface area contributed by atoms with E-state index in [1.165, 1.54) is 18.2 Å². The molecule has 2 N–H and O–H groups in total. The molecule has 0 radical (unpaired) electrons. The summed E-state index contributed by atoms with van der Waals surface area (Å²) >= 11 is 0. The minimum absolute atomic E-state index is 0.0817. The first-order chi connectivity index (χ1) is 10.7. The number of halogens is 3. The normalized spacial score (nSPS) is 12.1. The molecule has 0 aliphatic rings. The molecule has 9 heteroatoms. The van der Waals surface area contributed by atoms with Gasteiger partial charge in [0.05, 0.1) is 0 Å². The number of carboxylic acid groups (broad SMARTS) is 1. The van der Waals surface area contributed by atoms with Crippen molar-refractivity contribution in [3.05, 3.63) is 42.5 Å². The Morgan fingerprint density at radius 1 is 1.30 bits per heavy atom. The number of ether oxygens (including phenoxy) is 2. The number of rotatable bonds is 7. The molecule has 0 saturated carbocycles.